The number of esters is 1. The van der Waals surface area contributed by atoms with Gasteiger partial charge in [0.1, 0.15) is 7.11 Å². The standard InChI is InChI=1S/C10H11NO3/c1-13-10(12)9-6-4-3-5-8(9)7-11-14-2/h3-7H,1-2H3. The van der Waals surface area contributed by atoms with Crippen molar-refractivity contribution in [2.45, 2.75) is 0 Å². The van der Waals surface area contributed by atoms with Crippen molar-refractivity contribution in [3.8, 4) is 0 Å². The van der Waals surface area contributed by atoms with Crippen molar-refractivity contribution in [2.75, 3.05) is 14.2 Å². The molecule has 0 bridgehead atoms. The Bertz CT molecular complexity index is 347. The van der Waals surface area contributed by atoms with Gasteiger partial charge in [-0.2, -0.15) is 0 Å². The van der Waals surface area contributed by atoms with E-state index in [1.807, 2.05) is 6.07 Å². The Morgan fingerprint density at radius 2 is 2.07 bits per heavy atom. The zero-order valence-corrected chi connectivity index (χ0v) is 8.06. The fraction of sp³-hybridized carbons (Fsp3) is 0.200. The van der Waals surface area contributed by atoms with Gasteiger partial charge in [0.25, 0.3) is 0 Å². The lowest BCUT2D eigenvalue weighted by Gasteiger charge is -2.01. The predicted molar refractivity (Wildman–Crippen MR) is 52.4 cm³/mol. The van der Waals surface area contributed by atoms with Gasteiger partial charge >= 0.3 is 5.97 Å². The molecule has 0 aliphatic heterocycles. The Kier molecular flexibility index (Phi) is 3.67. The number of hydrogen-bond acceptors (Lipinski definition) is 4. The molecule has 0 atom stereocenters. The van der Waals surface area contributed by atoms with Crippen molar-refractivity contribution in [3.63, 3.8) is 0 Å². The first-order valence-corrected chi connectivity index (χ1v) is 4.03. The van der Waals surface area contributed by atoms with Crippen LogP contribution < -0.4 is 0 Å². The first-order valence-electron chi connectivity index (χ1n) is 4.03. The normalized spacial score (nSPS) is 10.1. The van der Waals surface area contributed by atoms with Crippen LogP contribution in [0.3, 0.4) is 0 Å². The van der Waals surface area contributed by atoms with Gasteiger partial charge in [-0.15, -0.1) is 0 Å². The van der Waals surface area contributed by atoms with E-state index in [1.54, 1.807) is 18.2 Å². The summed E-state index contributed by atoms with van der Waals surface area (Å²) >= 11 is 0. The summed E-state index contributed by atoms with van der Waals surface area (Å²) in [6, 6.07) is 7.00. The number of carbonyl (C=O) groups is 1. The van der Waals surface area contributed by atoms with Crippen molar-refractivity contribution in [1.29, 1.82) is 0 Å². The average Bonchev–Trinajstić information content (AvgIpc) is 2.25. The summed E-state index contributed by atoms with van der Waals surface area (Å²) in [5.74, 6) is -0.386. The smallest absolute Gasteiger partial charge is 0.338 e. The van der Waals surface area contributed by atoms with E-state index >= 15 is 0 Å². The summed E-state index contributed by atoms with van der Waals surface area (Å²) in [7, 11) is 2.78. The van der Waals surface area contributed by atoms with Gasteiger partial charge in [0, 0.05) is 5.56 Å². The van der Waals surface area contributed by atoms with Crippen LogP contribution in [0.5, 0.6) is 0 Å². The molecule has 14 heavy (non-hydrogen) atoms. The van der Waals surface area contributed by atoms with Gasteiger partial charge in [-0.3, -0.25) is 0 Å². The van der Waals surface area contributed by atoms with Gasteiger partial charge in [0.2, 0.25) is 0 Å². The first-order chi connectivity index (χ1) is 6.79. The SMILES string of the molecule is CON=Cc1ccccc1C(=O)OC. The molecule has 0 fully saturated rings. The number of nitrogens with zero attached hydrogens (tertiary/aromatic N) is 1. The molecule has 1 rings (SSSR count). The molecular formula is C10H11NO3. The van der Waals surface area contributed by atoms with E-state index in [1.165, 1.54) is 20.4 Å². The predicted octanol–water partition coefficient (Wildman–Crippen LogP) is 1.45. The maximum atomic E-state index is 11.3. The van der Waals surface area contributed by atoms with Crippen LogP contribution in [-0.2, 0) is 9.57 Å². The van der Waals surface area contributed by atoms with E-state index in [-0.39, 0.29) is 5.97 Å². The van der Waals surface area contributed by atoms with E-state index in [0.717, 1.165) is 0 Å². The molecule has 0 saturated carbocycles. The minimum atomic E-state index is -0.386. The monoisotopic (exact) mass is 193 g/mol. The van der Waals surface area contributed by atoms with E-state index in [4.69, 9.17) is 0 Å². The number of methoxy groups -OCH3 is 1. The van der Waals surface area contributed by atoms with Gasteiger partial charge in [0.15, 0.2) is 0 Å². The van der Waals surface area contributed by atoms with Crippen molar-refractivity contribution >= 4 is 12.2 Å². The molecule has 0 aliphatic rings. The van der Waals surface area contributed by atoms with Crippen LogP contribution >= 0.6 is 0 Å². The van der Waals surface area contributed by atoms with E-state index in [9.17, 15) is 4.79 Å². The fourth-order valence-corrected chi connectivity index (χ4v) is 1.01. The van der Waals surface area contributed by atoms with Crippen molar-refractivity contribution in [1.82, 2.24) is 0 Å². The molecule has 0 amide bonds. The molecule has 0 heterocycles. The molecule has 1 aromatic carbocycles. The van der Waals surface area contributed by atoms with Crippen LogP contribution in [-0.4, -0.2) is 26.4 Å². The van der Waals surface area contributed by atoms with Gasteiger partial charge in [0.05, 0.1) is 18.9 Å². The van der Waals surface area contributed by atoms with Crippen LogP contribution in [0.15, 0.2) is 29.4 Å². The molecular weight excluding hydrogens is 182 g/mol. The second-order valence-electron chi connectivity index (χ2n) is 2.50. The highest BCUT2D eigenvalue weighted by Crippen LogP contribution is 2.07. The van der Waals surface area contributed by atoms with Crippen LogP contribution in [0.25, 0.3) is 0 Å². The highest BCUT2D eigenvalue weighted by atomic mass is 16.6. The molecule has 4 heteroatoms. The molecule has 0 aliphatic carbocycles. The zero-order valence-electron chi connectivity index (χ0n) is 8.06. The molecule has 0 N–H and O–H groups in total. The summed E-state index contributed by atoms with van der Waals surface area (Å²) in [6.45, 7) is 0. The van der Waals surface area contributed by atoms with Gasteiger partial charge in [-0.1, -0.05) is 23.4 Å². The molecule has 0 unspecified atom stereocenters. The third kappa shape index (κ3) is 2.32. The van der Waals surface area contributed by atoms with Crippen molar-refractivity contribution in [2.24, 2.45) is 5.16 Å². The summed E-state index contributed by atoms with van der Waals surface area (Å²) in [5.41, 5.74) is 1.14. The highest BCUT2D eigenvalue weighted by Gasteiger charge is 2.08. The molecule has 0 aromatic heterocycles. The number of hydrogen-bond donors (Lipinski definition) is 0. The molecule has 0 spiro atoms. The highest BCUT2D eigenvalue weighted by molar-refractivity contribution is 5.99. The third-order valence-electron chi connectivity index (χ3n) is 1.66. The first kappa shape index (κ1) is 10.2. The largest absolute Gasteiger partial charge is 0.465 e. The summed E-state index contributed by atoms with van der Waals surface area (Å²) in [4.78, 5) is 15.8. The quantitative estimate of drug-likeness (QED) is 0.414. The topological polar surface area (TPSA) is 47.9 Å². The number of ether oxygens (including phenoxy) is 1. The van der Waals surface area contributed by atoms with Crippen molar-refractivity contribution < 1.29 is 14.4 Å². The van der Waals surface area contributed by atoms with E-state index in [2.05, 4.69) is 14.7 Å². The Morgan fingerprint density at radius 3 is 2.71 bits per heavy atom. The summed E-state index contributed by atoms with van der Waals surface area (Å²) in [5, 5.41) is 3.59. The van der Waals surface area contributed by atoms with Crippen molar-refractivity contribution in [3.05, 3.63) is 35.4 Å². The van der Waals surface area contributed by atoms with Crippen LogP contribution in [0.4, 0.5) is 0 Å². The van der Waals surface area contributed by atoms with Crippen LogP contribution in [0.1, 0.15) is 15.9 Å². The van der Waals surface area contributed by atoms with E-state index in [0.29, 0.717) is 11.1 Å². The Hall–Kier alpha value is -1.84. The number of oxime groups is 1. The number of carbonyl (C=O) groups excluding carboxylic acids is 1. The number of rotatable bonds is 3. The number of benzene rings is 1. The molecule has 0 radical (unpaired) electrons. The molecule has 1 aromatic rings. The minimum Gasteiger partial charge on any atom is -0.465 e. The third-order valence-corrected chi connectivity index (χ3v) is 1.66. The van der Waals surface area contributed by atoms with Crippen LogP contribution in [0.2, 0.25) is 0 Å². The van der Waals surface area contributed by atoms with Crippen LogP contribution in [0, 0.1) is 0 Å². The Labute approximate surface area is 82.1 Å². The lowest BCUT2D eigenvalue weighted by molar-refractivity contribution is 0.0600. The van der Waals surface area contributed by atoms with E-state index < -0.39 is 0 Å². The van der Waals surface area contributed by atoms with Gasteiger partial charge < -0.3 is 9.57 Å². The maximum absolute atomic E-state index is 11.3. The van der Waals surface area contributed by atoms with Gasteiger partial charge in [-0.05, 0) is 6.07 Å². The lowest BCUT2D eigenvalue weighted by Crippen LogP contribution is -2.04. The van der Waals surface area contributed by atoms with Gasteiger partial charge in [-0.25, -0.2) is 4.79 Å². The minimum absolute atomic E-state index is 0.386. The second kappa shape index (κ2) is 5.01. The average molecular weight is 193 g/mol. The zero-order chi connectivity index (χ0) is 10.4. The summed E-state index contributed by atoms with van der Waals surface area (Å²) in [6.07, 6.45) is 1.46. The molecule has 0 saturated heterocycles. The Morgan fingerprint density at radius 1 is 1.36 bits per heavy atom. The maximum Gasteiger partial charge on any atom is 0.338 e. The molecule has 74 valence electrons. The lowest BCUT2D eigenvalue weighted by atomic mass is 10.1. The second-order valence-corrected chi connectivity index (χ2v) is 2.50. The summed E-state index contributed by atoms with van der Waals surface area (Å²) < 4.78 is 4.62. The Balaban J connectivity index is 3.03. The molecule has 4 nitrogen and oxygen atoms in total. The fourth-order valence-electron chi connectivity index (χ4n) is 1.01.